The van der Waals surface area contributed by atoms with Gasteiger partial charge in [0.05, 0.1) is 6.61 Å². The average Bonchev–Trinajstić information content (AvgIpc) is 3.41. The van der Waals surface area contributed by atoms with Gasteiger partial charge in [-0.25, -0.2) is 9.36 Å². The number of fused-ring (bicyclic) bond motifs is 1. The maximum atomic E-state index is 14.1. The standard InChI is InChI=1S/C27H33N4O8P/c1-18(26(32)37-20-10-3-2-4-11-20)30-40(34,39-22-13-7-9-19-8-5-6-12-21(19)22)36-17-25-35-16-24(38-25)31-15-14-23(28)29-27(31)33/h5-9,12-15,18,20,24-25H,2-4,10-11,16-17H2,1H3,(H,30,34)(H2,28,29,33)/t18-,24-,25-,40?/m0/s1. The highest BCUT2D eigenvalue weighted by atomic mass is 31.2. The van der Waals surface area contributed by atoms with Crippen LogP contribution < -0.4 is 21.0 Å². The molecular weight excluding hydrogens is 539 g/mol. The quantitative estimate of drug-likeness (QED) is 0.269. The van der Waals surface area contributed by atoms with Gasteiger partial charge in [-0.2, -0.15) is 10.1 Å². The largest absolute Gasteiger partial charge is 0.461 e. The maximum Gasteiger partial charge on any atom is 0.459 e. The van der Waals surface area contributed by atoms with Gasteiger partial charge < -0.3 is 24.5 Å². The first-order valence-electron chi connectivity index (χ1n) is 13.3. The second kappa shape index (κ2) is 12.5. The van der Waals surface area contributed by atoms with Crippen LogP contribution in [-0.2, 0) is 28.1 Å². The SMILES string of the molecule is C[C@H](NP(=O)(OC[C@H]1OC[C@@H](n2ccc(N)nc2=O)O1)Oc1cccc2ccccc12)C(=O)OC1CCCCC1. The molecule has 1 saturated heterocycles. The van der Waals surface area contributed by atoms with Gasteiger partial charge in [-0.1, -0.05) is 42.8 Å². The fourth-order valence-electron chi connectivity index (χ4n) is 4.71. The number of benzene rings is 2. The molecule has 2 heterocycles. The van der Waals surface area contributed by atoms with E-state index < -0.39 is 38.0 Å². The number of nitrogen functional groups attached to an aromatic ring is 1. The van der Waals surface area contributed by atoms with Crippen LogP contribution in [0, 0.1) is 0 Å². The Kier molecular flexibility index (Phi) is 8.82. The van der Waals surface area contributed by atoms with Crippen molar-refractivity contribution in [2.75, 3.05) is 18.9 Å². The van der Waals surface area contributed by atoms with Gasteiger partial charge in [0, 0.05) is 11.6 Å². The van der Waals surface area contributed by atoms with E-state index in [0.29, 0.717) is 5.75 Å². The van der Waals surface area contributed by atoms with E-state index in [-0.39, 0.29) is 25.1 Å². The van der Waals surface area contributed by atoms with Crippen molar-refractivity contribution in [3.8, 4) is 5.75 Å². The number of ether oxygens (including phenoxy) is 3. The molecule has 0 amide bonds. The first kappa shape index (κ1) is 28.3. The van der Waals surface area contributed by atoms with Crippen molar-refractivity contribution in [2.24, 2.45) is 0 Å². The zero-order valence-electron chi connectivity index (χ0n) is 22.1. The number of nitrogens with two attached hydrogens (primary N) is 1. The summed E-state index contributed by atoms with van der Waals surface area (Å²) in [4.78, 5) is 28.7. The molecule has 5 rings (SSSR count). The fraction of sp³-hybridized carbons (Fsp3) is 0.444. The van der Waals surface area contributed by atoms with Gasteiger partial charge in [0.15, 0.2) is 12.5 Å². The monoisotopic (exact) mass is 572 g/mol. The molecule has 3 N–H and O–H groups in total. The van der Waals surface area contributed by atoms with Gasteiger partial charge in [-0.15, -0.1) is 0 Å². The van der Waals surface area contributed by atoms with Crippen LogP contribution in [0.15, 0.2) is 59.5 Å². The molecule has 40 heavy (non-hydrogen) atoms. The summed E-state index contributed by atoms with van der Waals surface area (Å²) in [7, 11) is -4.18. The molecule has 0 spiro atoms. The van der Waals surface area contributed by atoms with Crippen LogP contribution >= 0.6 is 7.75 Å². The second-order valence-electron chi connectivity index (χ2n) is 9.81. The van der Waals surface area contributed by atoms with Crippen molar-refractivity contribution in [1.82, 2.24) is 14.6 Å². The van der Waals surface area contributed by atoms with Crippen molar-refractivity contribution in [3.05, 3.63) is 65.2 Å². The van der Waals surface area contributed by atoms with Crippen molar-refractivity contribution in [1.29, 1.82) is 0 Å². The number of carbonyl (C=O) groups excluding carboxylic acids is 1. The Bertz CT molecular complexity index is 1440. The Hall–Kier alpha value is -3.28. The van der Waals surface area contributed by atoms with Gasteiger partial charge >= 0.3 is 19.4 Å². The highest BCUT2D eigenvalue weighted by molar-refractivity contribution is 7.52. The smallest absolute Gasteiger partial charge is 0.459 e. The normalized spacial score (nSPS) is 22.0. The zero-order valence-corrected chi connectivity index (χ0v) is 23.0. The molecule has 1 unspecified atom stereocenters. The Morgan fingerprint density at radius 3 is 2.75 bits per heavy atom. The number of anilines is 1. The Morgan fingerprint density at radius 2 is 1.95 bits per heavy atom. The highest BCUT2D eigenvalue weighted by Gasteiger charge is 2.37. The molecule has 1 saturated carbocycles. The Morgan fingerprint density at radius 1 is 1.18 bits per heavy atom. The summed E-state index contributed by atoms with van der Waals surface area (Å²) in [6.07, 6.45) is 4.31. The number of aromatic nitrogens is 2. The van der Waals surface area contributed by atoms with E-state index in [2.05, 4.69) is 10.1 Å². The third kappa shape index (κ3) is 6.89. The van der Waals surface area contributed by atoms with Crippen LogP contribution in [0.3, 0.4) is 0 Å². The van der Waals surface area contributed by atoms with E-state index in [1.807, 2.05) is 30.3 Å². The Labute approximate surface area is 231 Å². The van der Waals surface area contributed by atoms with Gasteiger partial charge in [0.2, 0.25) is 0 Å². The van der Waals surface area contributed by atoms with E-state index in [1.54, 1.807) is 19.1 Å². The summed E-state index contributed by atoms with van der Waals surface area (Å²) in [5.74, 6) is -0.137. The van der Waals surface area contributed by atoms with Crippen molar-refractivity contribution < 1.29 is 32.6 Å². The molecule has 0 radical (unpaired) electrons. The fourth-order valence-corrected chi connectivity index (χ4v) is 6.21. The van der Waals surface area contributed by atoms with Gasteiger partial charge in [-0.05, 0) is 50.1 Å². The molecule has 1 aromatic heterocycles. The van der Waals surface area contributed by atoms with Gasteiger partial charge in [0.25, 0.3) is 0 Å². The number of hydrogen-bond donors (Lipinski definition) is 2. The molecule has 2 fully saturated rings. The topological polar surface area (TPSA) is 153 Å². The lowest BCUT2D eigenvalue weighted by molar-refractivity contribution is -0.152. The van der Waals surface area contributed by atoms with Crippen LogP contribution in [-0.4, -0.2) is 47.2 Å². The summed E-state index contributed by atoms with van der Waals surface area (Å²) < 4.78 is 44.1. The maximum absolute atomic E-state index is 14.1. The minimum absolute atomic E-state index is 0.0333. The molecule has 0 bridgehead atoms. The minimum atomic E-state index is -4.18. The van der Waals surface area contributed by atoms with Crippen LogP contribution in [0.4, 0.5) is 5.82 Å². The van der Waals surface area contributed by atoms with Crippen LogP contribution in [0.25, 0.3) is 10.8 Å². The van der Waals surface area contributed by atoms with Gasteiger partial charge in [0.1, 0.15) is 30.3 Å². The minimum Gasteiger partial charge on any atom is -0.461 e. The Balaban J connectivity index is 1.30. The average molecular weight is 573 g/mol. The van der Waals surface area contributed by atoms with Crippen LogP contribution in [0.2, 0.25) is 0 Å². The summed E-state index contributed by atoms with van der Waals surface area (Å²) in [6.45, 7) is 1.27. The highest BCUT2D eigenvalue weighted by Crippen LogP contribution is 2.47. The third-order valence-electron chi connectivity index (χ3n) is 6.78. The van der Waals surface area contributed by atoms with Crippen molar-refractivity contribution in [2.45, 2.75) is 63.7 Å². The lowest BCUT2D eigenvalue weighted by Gasteiger charge is -2.26. The molecule has 214 valence electrons. The van der Waals surface area contributed by atoms with Crippen molar-refractivity contribution >= 4 is 30.3 Å². The third-order valence-corrected chi connectivity index (χ3v) is 8.41. The molecule has 2 aromatic carbocycles. The van der Waals surface area contributed by atoms with E-state index >= 15 is 0 Å². The van der Waals surface area contributed by atoms with Gasteiger partial charge in [-0.3, -0.25) is 13.9 Å². The molecular formula is C27H33N4O8P. The molecule has 2 aliphatic rings. The summed E-state index contributed by atoms with van der Waals surface area (Å²) in [6, 6.07) is 13.3. The number of nitrogens with one attached hydrogen (secondary N) is 1. The summed E-state index contributed by atoms with van der Waals surface area (Å²) in [5.41, 5.74) is 4.97. The predicted molar refractivity (Wildman–Crippen MR) is 146 cm³/mol. The first-order chi connectivity index (χ1) is 19.3. The molecule has 1 aliphatic carbocycles. The summed E-state index contributed by atoms with van der Waals surface area (Å²) >= 11 is 0. The zero-order chi connectivity index (χ0) is 28.1. The first-order valence-corrected chi connectivity index (χ1v) is 14.9. The second-order valence-corrected chi connectivity index (χ2v) is 11.5. The van der Waals surface area contributed by atoms with E-state index in [0.717, 1.165) is 42.9 Å². The molecule has 12 nitrogen and oxygen atoms in total. The number of hydrogen-bond acceptors (Lipinski definition) is 10. The van der Waals surface area contributed by atoms with E-state index in [9.17, 15) is 14.2 Å². The molecule has 1 aliphatic heterocycles. The number of esters is 1. The van der Waals surface area contributed by atoms with E-state index in [1.165, 1.54) is 16.8 Å². The lowest BCUT2D eigenvalue weighted by atomic mass is 9.98. The number of nitrogens with zero attached hydrogens (tertiary/aromatic N) is 2. The van der Waals surface area contributed by atoms with Crippen molar-refractivity contribution in [3.63, 3.8) is 0 Å². The predicted octanol–water partition coefficient (Wildman–Crippen LogP) is 3.91. The van der Waals surface area contributed by atoms with Crippen LogP contribution in [0.1, 0.15) is 45.3 Å². The molecule has 3 aromatic rings. The lowest BCUT2D eigenvalue weighted by Crippen LogP contribution is -2.38. The molecule has 13 heteroatoms. The number of carbonyl (C=O) groups is 1. The number of rotatable bonds is 10. The van der Waals surface area contributed by atoms with Crippen LogP contribution in [0.5, 0.6) is 5.75 Å². The summed E-state index contributed by atoms with van der Waals surface area (Å²) in [5, 5.41) is 4.32. The molecule has 4 atom stereocenters. The van der Waals surface area contributed by atoms with E-state index in [4.69, 9.17) is 29.0 Å².